The van der Waals surface area contributed by atoms with E-state index in [0.29, 0.717) is 0 Å². The molecular weight excluding hydrogens is 306 g/mol. The predicted octanol–water partition coefficient (Wildman–Crippen LogP) is 5.10. The maximum Gasteiger partial charge on any atom is 0.193 e. The fourth-order valence-electron chi connectivity index (χ4n) is 1.58. The second kappa shape index (κ2) is 5.06. The van der Waals surface area contributed by atoms with Crippen molar-refractivity contribution in [2.45, 2.75) is 58.4 Å². The van der Waals surface area contributed by atoms with E-state index < -0.39 is 8.32 Å². The van der Waals surface area contributed by atoms with Gasteiger partial charge in [0.25, 0.3) is 0 Å². The van der Waals surface area contributed by atoms with E-state index >= 15 is 0 Å². The first-order valence-corrected chi connectivity index (χ1v) is 9.98. The zero-order chi connectivity index (χ0) is 14.2. The molecular formula is C14H24BrNOSi. The van der Waals surface area contributed by atoms with Crippen LogP contribution in [0.2, 0.25) is 18.1 Å². The van der Waals surface area contributed by atoms with E-state index in [2.05, 4.69) is 74.7 Å². The summed E-state index contributed by atoms with van der Waals surface area (Å²) in [7, 11) is -1.78. The number of hydrogen-bond acceptors (Lipinski definition) is 2. The van der Waals surface area contributed by atoms with E-state index in [4.69, 9.17) is 4.43 Å². The molecule has 1 aromatic rings. The Kier molecular flexibility index (Phi) is 4.46. The second-order valence-electron chi connectivity index (χ2n) is 6.74. The van der Waals surface area contributed by atoms with Crippen LogP contribution in [0.15, 0.2) is 22.9 Å². The highest BCUT2D eigenvalue weighted by atomic mass is 79.9. The fraction of sp³-hybridized carbons (Fsp3) is 0.643. The first kappa shape index (κ1) is 15.9. The molecule has 0 aromatic carbocycles. The van der Waals surface area contributed by atoms with E-state index in [1.54, 1.807) is 0 Å². The van der Waals surface area contributed by atoms with Crippen molar-refractivity contribution in [3.05, 3.63) is 28.5 Å². The lowest BCUT2D eigenvalue weighted by Crippen LogP contribution is -2.46. The monoisotopic (exact) mass is 329 g/mol. The lowest BCUT2D eigenvalue weighted by atomic mass is 10.0. The molecule has 0 aliphatic carbocycles. The van der Waals surface area contributed by atoms with Crippen molar-refractivity contribution in [3.63, 3.8) is 0 Å². The van der Waals surface area contributed by atoms with Gasteiger partial charge in [-0.2, -0.15) is 0 Å². The normalized spacial score (nSPS) is 13.8. The maximum absolute atomic E-state index is 6.50. The molecule has 102 valence electrons. The van der Waals surface area contributed by atoms with Gasteiger partial charge in [-0.15, -0.1) is 0 Å². The first-order valence-electron chi connectivity index (χ1n) is 6.28. The molecule has 0 amide bonds. The molecule has 0 saturated carbocycles. The van der Waals surface area contributed by atoms with Crippen LogP contribution in [0.25, 0.3) is 0 Å². The lowest BCUT2D eigenvalue weighted by molar-refractivity contribution is 0.0898. The largest absolute Gasteiger partial charge is 0.408 e. The summed E-state index contributed by atoms with van der Waals surface area (Å²) < 4.78 is 7.36. The van der Waals surface area contributed by atoms with E-state index in [0.717, 1.165) is 10.2 Å². The summed E-state index contributed by atoms with van der Waals surface area (Å²) in [5.74, 6) is 0. The van der Waals surface area contributed by atoms with Gasteiger partial charge >= 0.3 is 0 Å². The van der Waals surface area contributed by atoms with Crippen LogP contribution < -0.4 is 0 Å². The molecule has 0 aliphatic heterocycles. The average Bonchev–Trinajstić information content (AvgIpc) is 2.14. The molecule has 0 unspecified atom stereocenters. The topological polar surface area (TPSA) is 22.1 Å². The molecule has 0 aliphatic rings. The van der Waals surface area contributed by atoms with Gasteiger partial charge in [-0.1, -0.05) is 26.8 Å². The summed E-state index contributed by atoms with van der Waals surface area (Å²) >= 11 is 3.36. The quantitative estimate of drug-likeness (QED) is 0.568. The Morgan fingerprint density at radius 2 is 1.67 bits per heavy atom. The van der Waals surface area contributed by atoms with Crippen LogP contribution in [0.4, 0.5) is 0 Å². The molecule has 2 nitrogen and oxygen atoms in total. The maximum atomic E-state index is 6.50. The van der Waals surface area contributed by atoms with Crippen LogP contribution in [-0.4, -0.2) is 13.3 Å². The number of halogens is 1. The number of pyridine rings is 1. The Hall–Kier alpha value is -0.193. The van der Waals surface area contributed by atoms with Crippen molar-refractivity contribution in [2.24, 2.45) is 0 Å². The Morgan fingerprint density at radius 3 is 2.06 bits per heavy atom. The van der Waals surface area contributed by atoms with Crippen molar-refractivity contribution in [1.82, 2.24) is 4.98 Å². The average molecular weight is 330 g/mol. The third-order valence-corrected chi connectivity index (χ3v) is 8.84. The van der Waals surface area contributed by atoms with Gasteiger partial charge in [-0.3, -0.25) is 0 Å². The summed E-state index contributed by atoms with van der Waals surface area (Å²) in [4.78, 5) is 4.29. The van der Waals surface area contributed by atoms with Crippen LogP contribution in [0.1, 0.15) is 40.2 Å². The highest BCUT2D eigenvalue weighted by Crippen LogP contribution is 2.41. The molecule has 0 spiro atoms. The number of hydrogen-bond donors (Lipinski definition) is 0. The minimum atomic E-state index is -1.78. The molecule has 0 saturated heterocycles. The van der Waals surface area contributed by atoms with Gasteiger partial charge < -0.3 is 4.43 Å². The molecule has 0 radical (unpaired) electrons. The van der Waals surface area contributed by atoms with Crippen molar-refractivity contribution in [1.29, 1.82) is 0 Å². The molecule has 0 atom stereocenters. The van der Waals surface area contributed by atoms with Crippen molar-refractivity contribution >= 4 is 24.2 Å². The third-order valence-electron chi connectivity index (χ3n) is 3.74. The van der Waals surface area contributed by atoms with Gasteiger partial charge in [0, 0.05) is 11.8 Å². The van der Waals surface area contributed by atoms with E-state index in [9.17, 15) is 0 Å². The minimum Gasteiger partial charge on any atom is -0.408 e. The molecule has 1 heterocycles. The predicted molar refractivity (Wildman–Crippen MR) is 83.2 cm³/mol. The number of rotatable bonds is 3. The van der Waals surface area contributed by atoms with E-state index in [-0.39, 0.29) is 10.6 Å². The van der Waals surface area contributed by atoms with Crippen LogP contribution >= 0.6 is 15.9 Å². The van der Waals surface area contributed by atoms with Gasteiger partial charge in [-0.05, 0) is 54.0 Å². The van der Waals surface area contributed by atoms with Crippen LogP contribution in [0.5, 0.6) is 0 Å². The van der Waals surface area contributed by atoms with Crippen LogP contribution in [0, 0.1) is 0 Å². The van der Waals surface area contributed by atoms with Gasteiger partial charge in [-0.25, -0.2) is 4.98 Å². The molecule has 0 fully saturated rings. The molecule has 0 bridgehead atoms. The van der Waals surface area contributed by atoms with Crippen LogP contribution in [-0.2, 0) is 10.0 Å². The zero-order valence-electron chi connectivity index (χ0n) is 12.5. The second-order valence-corrected chi connectivity index (χ2v) is 12.3. The highest BCUT2D eigenvalue weighted by molar-refractivity contribution is 9.10. The fourth-order valence-corrected chi connectivity index (χ4v) is 3.52. The smallest absolute Gasteiger partial charge is 0.193 e. The SMILES string of the molecule is CC(C)(O[Si](C)(C)C(C)(C)C)c1ccc(Br)nc1. The Labute approximate surface area is 120 Å². The molecule has 0 N–H and O–H groups in total. The molecule has 4 heteroatoms. The van der Waals surface area contributed by atoms with Crippen LogP contribution in [0.3, 0.4) is 0 Å². The molecule has 1 aromatic heterocycles. The summed E-state index contributed by atoms with van der Waals surface area (Å²) in [6, 6.07) is 4.04. The van der Waals surface area contributed by atoms with Gasteiger partial charge in [0.15, 0.2) is 8.32 Å². The Balaban J connectivity index is 2.98. The summed E-state index contributed by atoms with van der Waals surface area (Å²) in [6.45, 7) is 15.6. The summed E-state index contributed by atoms with van der Waals surface area (Å²) in [5.41, 5.74) is 0.826. The van der Waals surface area contributed by atoms with Gasteiger partial charge in [0.05, 0.1) is 5.60 Å². The molecule has 1 rings (SSSR count). The van der Waals surface area contributed by atoms with Crippen molar-refractivity contribution in [2.75, 3.05) is 0 Å². The number of nitrogens with zero attached hydrogens (tertiary/aromatic N) is 1. The highest BCUT2D eigenvalue weighted by Gasteiger charge is 2.41. The minimum absolute atomic E-state index is 0.215. The van der Waals surface area contributed by atoms with Crippen molar-refractivity contribution < 1.29 is 4.43 Å². The lowest BCUT2D eigenvalue weighted by Gasteiger charge is -2.42. The third kappa shape index (κ3) is 3.65. The van der Waals surface area contributed by atoms with Gasteiger partial charge in [0.2, 0.25) is 0 Å². The summed E-state index contributed by atoms with van der Waals surface area (Å²) in [5, 5.41) is 0.215. The van der Waals surface area contributed by atoms with Gasteiger partial charge in [0.1, 0.15) is 4.60 Å². The van der Waals surface area contributed by atoms with E-state index in [1.165, 1.54) is 0 Å². The zero-order valence-corrected chi connectivity index (χ0v) is 15.1. The van der Waals surface area contributed by atoms with Crippen molar-refractivity contribution in [3.8, 4) is 0 Å². The van der Waals surface area contributed by atoms with E-state index in [1.807, 2.05) is 12.3 Å². The first-order chi connectivity index (χ1) is 7.96. The summed E-state index contributed by atoms with van der Waals surface area (Å²) in [6.07, 6.45) is 1.89. The standard InChI is InChI=1S/C14H24BrNOSi/c1-13(2,3)18(6,7)17-14(4,5)11-8-9-12(15)16-10-11/h8-10H,1-7H3. The molecule has 18 heavy (non-hydrogen) atoms. The number of aromatic nitrogens is 1. The Bertz CT molecular complexity index is 407. The Morgan fingerprint density at radius 1 is 1.11 bits per heavy atom.